The predicted molar refractivity (Wildman–Crippen MR) is 50.7 cm³/mol. The Hall–Kier alpha value is 0.190. The minimum absolute atomic E-state index is 0.0748. The van der Waals surface area contributed by atoms with Gasteiger partial charge in [0.25, 0.3) is 0 Å². The van der Waals surface area contributed by atoms with Gasteiger partial charge in [0, 0.05) is 7.11 Å². The molecule has 0 aromatic heterocycles. The van der Waals surface area contributed by atoms with E-state index in [2.05, 4.69) is 0 Å². The molecule has 0 saturated carbocycles. The molecule has 1 heterocycles. The molecule has 2 N–H and O–H groups in total. The molecule has 1 aliphatic heterocycles. The van der Waals surface area contributed by atoms with Crippen LogP contribution in [0.1, 0.15) is 6.92 Å². The summed E-state index contributed by atoms with van der Waals surface area (Å²) in [6.07, 6.45) is -1.56. The normalized spacial score (nSPS) is 39.7. The van der Waals surface area contributed by atoms with Crippen LogP contribution in [-0.2, 0) is 9.47 Å². The highest BCUT2D eigenvalue weighted by atomic mass is 32.2. The molecule has 0 bridgehead atoms. The summed E-state index contributed by atoms with van der Waals surface area (Å²) < 4.78 is 10.2. The minimum Gasteiger partial charge on any atom is -0.394 e. The van der Waals surface area contributed by atoms with Gasteiger partial charge in [-0.05, 0) is 5.75 Å². The maximum Gasteiger partial charge on any atom is 0.184 e. The Morgan fingerprint density at radius 2 is 2.23 bits per heavy atom. The molecule has 1 aliphatic rings. The summed E-state index contributed by atoms with van der Waals surface area (Å²) in [6.45, 7) is 1.93. The van der Waals surface area contributed by atoms with E-state index < -0.39 is 12.4 Å². The second-order valence-electron chi connectivity index (χ2n) is 2.87. The first-order valence-electron chi connectivity index (χ1n) is 4.33. The molecule has 0 spiro atoms. The van der Waals surface area contributed by atoms with Crippen molar-refractivity contribution in [3.05, 3.63) is 0 Å². The SMILES string of the molecule is CCS[C@@H]1[C@@H](O)[C@H](OC)O[C@@H]1CO. The van der Waals surface area contributed by atoms with E-state index in [-0.39, 0.29) is 18.0 Å². The van der Waals surface area contributed by atoms with Crippen molar-refractivity contribution in [3.63, 3.8) is 0 Å². The molecule has 78 valence electrons. The maximum atomic E-state index is 9.70. The van der Waals surface area contributed by atoms with Crippen molar-refractivity contribution in [1.82, 2.24) is 0 Å². The Morgan fingerprint density at radius 1 is 1.54 bits per heavy atom. The summed E-state index contributed by atoms with van der Waals surface area (Å²) >= 11 is 1.58. The first-order valence-corrected chi connectivity index (χ1v) is 5.38. The lowest BCUT2D eigenvalue weighted by molar-refractivity contribution is -0.153. The minimum atomic E-state index is -0.646. The molecule has 4 atom stereocenters. The van der Waals surface area contributed by atoms with E-state index >= 15 is 0 Å². The van der Waals surface area contributed by atoms with Gasteiger partial charge in [-0.2, -0.15) is 11.8 Å². The third kappa shape index (κ3) is 2.35. The Kier molecular flexibility index (Phi) is 4.48. The van der Waals surface area contributed by atoms with Crippen LogP contribution in [0.5, 0.6) is 0 Å². The predicted octanol–water partition coefficient (Wildman–Crippen LogP) is -0.167. The van der Waals surface area contributed by atoms with Crippen molar-refractivity contribution in [3.8, 4) is 0 Å². The number of thioether (sulfide) groups is 1. The summed E-state index contributed by atoms with van der Waals surface area (Å²) in [6, 6.07) is 0. The first-order chi connectivity index (χ1) is 6.24. The number of aliphatic hydroxyl groups is 2. The van der Waals surface area contributed by atoms with Crippen LogP contribution in [-0.4, -0.2) is 53.4 Å². The number of methoxy groups -OCH3 is 1. The fourth-order valence-electron chi connectivity index (χ4n) is 1.45. The molecule has 0 aromatic rings. The fourth-order valence-corrected chi connectivity index (χ4v) is 2.52. The van der Waals surface area contributed by atoms with Crippen molar-refractivity contribution in [2.24, 2.45) is 0 Å². The first kappa shape index (κ1) is 11.3. The van der Waals surface area contributed by atoms with Crippen molar-refractivity contribution >= 4 is 11.8 Å². The quantitative estimate of drug-likeness (QED) is 0.672. The van der Waals surface area contributed by atoms with Crippen LogP contribution in [0.15, 0.2) is 0 Å². The van der Waals surface area contributed by atoms with Gasteiger partial charge in [0.2, 0.25) is 0 Å². The molecular formula is C8H16O4S. The molecule has 1 saturated heterocycles. The average molecular weight is 208 g/mol. The van der Waals surface area contributed by atoms with E-state index in [1.807, 2.05) is 6.92 Å². The van der Waals surface area contributed by atoms with Gasteiger partial charge in [0.05, 0.1) is 18.0 Å². The second-order valence-corrected chi connectivity index (χ2v) is 4.33. The van der Waals surface area contributed by atoms with Crippen LogP contribution in [0.25, 0.3) is 0 Å². The van der Waals surface area contributed by atoms with Crippen LogP contribution in [0.2, 0.25) is 0 Å². The topological polar surface area (TPSA) is 58.9 Å². The number of aliphatic hydroxyl groups excluding tert-OH is 2. The molecule has 0 aliphatic carbocycles. The zero-order chi connectivity index (χ0) is 9.84. The van der Waals surface area contributed by atoms with Gasteiger partial charge in [0.15, 0.2) is 6.29 Å². The monoisotopic (exact) mass is 208 g/mol. The molecule has 0 amide bonds. The van der Waals surface area contributed by atoms with E-state index in [9.17, 15) is 5.11 Å². The molecule has 5 heteroatoms. The van der Waals surface area contributed by atoms with Crippen molar-refractivity contribution in [1.29, 1.82) is 0 Å². The van der Waals surface area contributed by atoms with E-state index in [0.717, 1.165) is 5.75 Å². The zero-order valence-corrected chi connectivity index (χ0v) is 8.66. The van der Waals surface area contributed by atoms with E-state index in [4.69, 9.17) is 14.6 Å². The third-order valence-electron chi connectivity index (χ3n) is 2.06. The Balaban J connectivity index is 2.56. The highest BCUT2D eigenvalue weighted by Gasteiger charge is 2.43. The lowest BCUT2D eigenvalue weighted by atomic mass is 10.2. The van der Waals surface area contributed by atoms with Crippen molar-refractivity contribution < 1.29 is 19.7 Å². The Morgan fingerprint density at radius 3 is 2.69 bits per heavy atom. The standard InChI is InChI=1S/C8H16O4S/c1-3-13-7-5(4-9)12-8(11-2)6(7)10/h5-10H,3-4H2,1-2H3/t5-,6-,7+,8-/m1/s1. The van der Waals surface area contributed by atoms with E-state index in [1.54, 1.807) is 11.8 Å². The summed E-state index contributed by atoms with van der Waals surface area (Å²) in [5.74, 6) is 0.887. The van der Waals surface area contributed by atoms with Crippen LogP contribution < -0.4 is 0 Å². The number of hydrogen-bond donors (Lipinski definition) is 2. The Labute approximate surface area is 82.2 Å². The highest BCUT2D eigenvalue weighted by molar-refractivity contribution is 8.00. The molecular weight excluding hydrogens is 192 g/mol. The van der Waals surface area contributed by atoms with Gasteiger partial charge in [-0.25, -0.2) is 0 Å². The Bertz CT molecular complexity index is 153. The van der Waals surface area contributed by atoms with Crippen LogP contribution in [0, 0.1) is 0 Å². The molecule has 13 heavy (non-hydrogen) atoms. The number of ether oxygens (including phenoxy) is 2. The second kappa shape index (κ2) is 5.17. The van der Waals surface area contributed by atoms with Gasteiger partial charge >= 0.3 is 0 Å². The summed E-state index contributed by atoms with van der Waals surface area (Å²) in [5, 5.41) is 18.6. The smallest absolute Gasteiger partial charge is 0.184 e. The van der Waals surface area contributed by atoms with Crippen molar-refractivity contribution in [2.75, 3.05) is 19.5 Å². The summed E-state index contributed by atoms with van der Waals surface area (Å²) in [7, 11) is 1.49. The number of hydrogen-bond acceptors (Lipinski definition) is 5. The van der Waals surface area contributed by atoms with E-state index in [0.29, 0.717) is 0 Å². The molecule has 1 fully saturated rings. The van der Waals surface area contributed by atoms with Gasteiger partial charge < -0.3 is 19.7 Å². The van der Waals surface area contributed by atoms with E-state index in [1.165, 1.54) is 7.11 Å². The van der Waals surface area contributed by atoms with Gasteiger partial charge in [-0.15, -0.1) is 0 Å². The van der Waals surface area contributed by atoms with Crippen LogP contribution in [0.3, 0.4) is 0 Å². The highest BCUT2D eigenvalue weighted by Crippen LogP contribution is 2.30. The largest absolute Gasteiger partial charge is 0.394 e. The molecule has 0 unspecified atom stereocenters. The molecule has 0 radical (unpaired) electrons. The van der Waals surface area contributed by atoms with Crippen molar-refractivity contribution in [2.45, 2.75) is 30.7 Å². The zero-order valence-electron chi connectivity index (χ0n) is 7.84. The maximum absolute atomic E-state index is 9.70. The molecule has 4 nitrogen and oxygen atoms in total. The molecule has 0 aromatic carbocycles. The number of rotatable bonds is 4. The summed E-state index contributed by atoms with van der Waals surface area (Å²) in [5.41, 5.74) is 0. The third-order valence-corrected chi connectivity index (χ3v) is 3.36. The summed E-state index contributed by atoms with van der Waals surface area (Å²) in [4.78, 5) is 0. The van der Waals surface area contributed by atoms with Gasteiger partial charge in [-0.3, -0.25) is 0 Å². The lowest BCUT2D eigenvalue weighted by Gasteiger charge is -2.16. The molecule has 1 rings (SSSR count). The van der Waals surface area contributed by atoms with Gasteiger partial charge in [-0.1, -0.05) is 6.92 Å². The fraction of sp³-hybridized carbons (Fsp3) is 1.00. The lowest BCUT2D eigenvalue weighted by Crippen LogP contribution is -2.32. The van der Waals surface area contributed by atoms with Crippen LogP contribution in [0.4, 0.5) is 0 Å². The van der Waals surface area contributed by atoms with Gasteiger partial charge in [0.1, 0.15) is 6.10 Å². The average Bonchev–Trinajstić information content (AvgIpc) is 2.45. The van der Waals surface area contributed by atoms with Crippen LogP contribution >= 0.6 is 11.8 Å².